The van der Waals surface area contributed by atoms with Crippen LogP contribution in [0.1, 0.15) is 36.0 Å². The van der Waals surface area contributed by atoms with Crippen LogP contribution in [0, 0.1) is 0 Å². The van der Waals surface area contributed by atoms with Gasteiger partial charge in [-0.05, 0) is 68.1 Å². The molecular formula is C21H25N3O3S. The van der Waals surface area contributed by atoms with Crippen molar-refractivity contribution < 1.29 is 13.2 Å². The Morgan fingerprint density at radius 3 is 2.18 bits per heavy atom. The summed E-state index contributed by atoms with van der Waals surface area (Å²) in [6.07, 6.45) is 4.20. The first-order chi connectivity index (χ1) is 13.5. The monoisotopic (exact) mass is 399 g/mol. The summed E-state index contributed by atoms with van der Waals surface area (Å²) in [7, 11) is -3.53. The Labute approximate surface area is 166 Å². The van der Waals surface area contributed by atoms with E-state index in [1.54, 1.807) is 18.2 Å². The van der Waals surface area contributed by atoms with Crippen molar-refractivity contribution in [3.63, 3.8) is 0 Å². The topological polar surface area (TPSA) is 69.7 Å². The fourth-order valence-corrected chi connectivity index (χ4v) is 5.37. The lowest BCUT2D eigenvalue weighted by Gasteiger charge is -2.18. The zero-order valence-corrected chi connectivity index (χ0v) is 16.6. The molecule has 2 saturated heterocycles. The quantitative estimate of drug-likeness (QED) is 0.837. The summed E-state index contributed by atoms with van der Waals surface area (Å²) in [5, 5.41) is 2.86. The number of sulfonamides is 1. The van der Waals surface area contributed by atoms with Crippen molar-refractivity contribution in [2.75, 3.05) is 36.4 Å². The molecule has 148 valence electrons. The molecule has 2 fully saturated rings. The Bertz CT molecular complexity index is 945. The van der Waals surface area contributed by atoms with E-state index < -0.39 is 10.0 Å². The van der Waals surface area contributed by atoms with Gasteiger partial charge in [-0.15, -0.1) is 0 Å². The summed E-state index contributed by atoms with van der Waals surface area (Å²) in [4.78, 5) is 15.1. The van der Waals surface area contributed by atoms with Crippen molar-refractivity contribution in [3.8, 4) is 0 Å². The van der Waals surface area contributed by atoms with Gasteiger partial charge in [0.15, 0.2) is 0 Å². The van der Waals surface area contributed by atoms with Gasteiger partial charge in [-0.25, -0.2) is 8.42 Å². The molecule has 0 radical (unpaired) electrons. The molecule has 1 N–H and O–H groups in total. The van der Waals surface area contributed by atoms with Gasteiger partial charge in [-0.3, -0.25) is 4.79 Å². The number of carbonyl (C=O) groups excluding carboxylic acids is 1. The van der Waals surface area contributed by atoms with Crippen LogP contribution in [-0.4, -0.2) is 44.8 Å². The van der Waals surface area contributed by atoms with Crippen LogP contribution in [0.2, 0.25) is 0 Å². The predicted molar refractivity (Wildman–Crippen MR) is 110 cm³/mol. The lowest BCUT2D eigenvalue weighted by molar-refractivity contribution is 0.102. The lowest BCUT2D eigenvalue weighted by Crippen LogP contribution is -2.28. The standard InChI is InChI=1S/C21H25N3O3S/c25-21(22-18-8-10-19(11-9-18)23-12-1-2-13-23)17-6-5-7-20(16-17)28(26,27)24-14-3-4-15-24/h5-11,16H,1-4,12-15H2,(H,22,25). The summed E-state index contributed by atoms with van der Waals surface area (Å²) in [5.74, 6) is -0.313. The van der Waals surface area contributed by atoms with Gasteiger partial charge < -0.3 is 10.2 Å². The normalized spacial score (nSPS) is 17.8. The van der Waals surface area contributed by atoms with Gasteiger partial charge in [-0.2, -0.15) is 4.31 Å². The Kier molecular flexibility index (Phi) is 5.37. The van der Waals surface area contributed by atoms with Gasteiger partial charge in [-0.1, -0.05) is 6.07 Å². The van der Waals surface area contributed by atoms with Crippen LogP contribution in [0.15, 0.2) is 53.4 Å². The van der Waals surface area contributed by atoms with Crippen LogP contribution >= 0.6 is 0 Å². The second-order valence-corrected chi connectivity index (χ2v) is 9.27. The van der Waals surface area contributed by atoms with Crippen molar-refractivity contribution in [1.82, 2.24) is 4.31 Å². The number of carbonyl (C=O) groups is 1. The van der Waals surface area contributed by atoms with E-state index in [-0.39, 0.29) is 10.8 Å². The van der Waals surface area contributed by atoms with Crippen LogP contribution < -0.4 is 10.2 Å². The first-order valence-corrected chi connectivity index (χ1v) is 11.2. The summed E-state index contributed by atoms with van der Waals surface area (Å²) in [6.45, 7) is 3.23. The molecule has 2 aliphatic rings. The van der Waals surface area contributed by atoms with Gasteiger partial charge in [0.1, 0.15) is 0 Å². The number of hydrogen-bond donors (Lipinski definition) is 1. The van der Waals surface area contributed by atoms with E-state index in [1.807, 2.05) is 24.3 Å². The molecule has 0 spiro atoms. The van der Waals surface area contributed by atoms with Crippen molar-refractivity contribution in [2.45, 2.75) is 30.6 Å². The summed E-state index contributed by atoms with van der Waals surface area (Å²) in [5.41, 5.74) is 2.19. The number of nitrogens with one attached hydrogen (secondary N) is 1. The number of amides is 1. The third kappa shape index (κ3) is 3.91. The second kappa shape index (κ2) is 7.93. The average Bonchev–Trinajstić information content (AvgIpc) is 3.43. The van der Waals surface area contributed by atoms with Crippen LogP contribution in [0.4, 0.5) is 11.4 Å². The largest absolute Gasteiger partial charge is 0.372 e. The fourth-order valence-electron chi connectivity index (χ4n) is 3.81. The van der Waals surface area contributed by atoms with Gasteiger partial charge in [0.2, 0.25) is 10.0 Å². The maximum absolute atomic E-state index is 12.7. The lowest BCUT2D eigenvalue weighted by atomic mass is 10.2. The predicted octanol–water partition coefficient (Wildman–Crippen LogP) is 3.32. The number of nitrogens with zero attached hydrogens (tertiary/aromatic N) is 2. The minimum atomic E-state index is -3.53. The van der Waals surface area contributed by atoms with Gasteiger partial charge in [0.05, 0.1) is 4.90 Å². The molecule has 0 bridgehead atoms. The molecule has 0 aliphatic carbocycles. The molecule has 0 unspecified atom stereocenters. The number of anilines is 2. The molecule has 4 rings (SSSR count). The molecular weight excluding hydrogens is 374 g/mol. The number of hydrogen-bond acceptors (Lipinski definition) is 4. The molecule has 0 atom stereocenters. The molecule has 7 heteroatoms. The van der Waals surface area contributed by atoms with E-state index in [1.165, 1.54) is 23.2 Å². The van der Waals surface area contributed by atoms with Gasteiger partial charge in [0.25, 0.3) is 5.91 Å². The zero-order chi connectivity index (χ0) is 19.6. The third-order valence-electron chi connectivity index (χ3n) is 5.40. The summed E-state index contributed by atoms with van der Waals surface area (Å²) in [6, 6.07) is 14.1. The first kappa shape index (κ1) is 19.0. The molecule has 2 heterocycles. The van der Waals surface area contributed by atoms with E-state index in [0.29, 0.717) is 24.3 Å². The molecule has 2 aromatic carbocycles. The Morgan fingerprint density at radius 1 is 0.857 bits per heavy atom. The van der Waals surface area contributed by atoms with Crippen LogP contribution in [0.25, 0.3) is 0 Å². The van der Waals surface area contributed by atoms with Crippen LogP contribution in [0.5, 0.6) is 0 Å². The first-order valence-electron chi connectivity index (χ1n) is 9.81. The minimum Gasteiger partial charge on any atom is -0.372 e. The van der Waals surface area contributed by atoms with E-state index in [2.05, 4.69) is 10.2 Å². The Hall–Kier alpha value is -2.38. The van der Waals surface area contributed by atoms with Gasteiger partial charge in [0, 0.05) is 43.1 Å². The smallest absolute Gasteiger partial charge is 0.255 e. The molecule has 2 aromatic rings. The van der Waals surface area contributed by atoms with E-state index in [4.69, 9.17) is 0 Å². The Balaban J connectivity index is 1.47. The van der Waals surface area contributed by atoms with E-state index in [9.17, 15) is 13.2 Å². The molecule has 28 heavy (non-hydrogen) atoms. The molecule has 6 nitrogen and oxygen atoms in total. The van der Waals surface area contributed by atoms with Crippen molar-refractivity contribution in [3.05, 3.63) is 54.1 Å². The van der Waals surface area contributed by atoms with Crippen LogP contribution in [0.3, 0.4) is 0 Å². The molecule has 0 aromatic heterocycles. The second-order valence-electron chi connectivity index (χ2n) is 7.33. The molecule has 0 saturated carbocycles. The maximum atomic E-state index is 12.7. The van der Waals surface area contributed by atoms with Crippen molar-refractivity contribution in [1.29, 1.82) is 0 Å². The van der Waals surface area contributed by atoms with E-state index >= 15 is 0 Å². The van der Waals surface area contributed by atoms with Crippen molar-refractivity contribution in [2.24, 2.45) is 0 Å². The SMILES string of the molecule is O=C(Nc1ccc(N2CCCC2)cc1)c1cccc(S(=O)(=O)N2CCCC2)c1. The Morgan fingerprint density at radius 2 is 1.50 bits per heavy atom. The average molecular weight is 400 g/mol. The maximum Gasteiger partial charge on any atom is 0.255 e. The molecule has 1 amide bonds. The molecule has 2 aliphatic heterocycles. The summed E-state index contributed by atoms with van der Waals surface area (Å²) < 4.78 is 26.9. The number of rotatable bonds is 5. The third-order valence-corrected chi connectivity index (χ3v) is 7.29. The number of benzene rings is 2. The van der Waals surface area contributed by atoms with E-state index in [0.717, 1.165) is 31.6 Å². The summed E-state index contributed by atoms with van der Waals surface area (Å²) >= 11 is 0. The zero-order valence-electron chi connectivity index (χ0n) is 15.8. The minimum absolute atomic E-state index is 0.173. The van der Waals surface area contributed by atoms with Crippen LogP contribution in [-0.2, 0) is 10.0 Å². The highest BCUT2D eigenvalue weighted by atomic mass is 32.2. The fraction of sp³-hybridized carbons (Fsp3) is 0.381. The highest BCUT2D eigenvalue weighted by molar-refractivity contribution is 7.89. The highest BCUT2D eigenvalue weighted by Crippen LogP contribution is 2.24. The van der Waals surface area contributed by atoms with Gasteiger partial charge >= 0.3 is 0 Å². The van der Waals surface area contributed by atoms with Crippen molar-refractivity contribution >= 4 is 27.3 Å². The highest BCUT2D eigenvalue weighted by Gasteiger charge is 2.27.